The number of aryl methyl sites for hydroxylation is 2. The number of hydrogen-bond donors (Lipinski definition) is 0. The van der Waals surface area contributed by atoms with E-state index in [1.165, 1.54) is 0 Å². The van der Waals surface area contributed by atoms with Crippen LogP contribution in [0.1, 0.15) is 11.5 Å². The molecule has 0 saturated heterocycles. The van der Waals surface area contributed by atoms with Gasteiger partial charge in [0.1, 0.15) is 10.8 Å². The minimum Gasteiger partial charge on any atom is -0.468 e. The summed E-state index contributed by atoms with van der Waals surface area (Å²) in [6, 6.07) is 5.97. The van der Waals surface area contributed by atoms with E-state index in [9.17, 15) is 0 Å². The molecular formula is C11H10BrNOS. The molecule has 0 radical (unpaired) electrons. The summed E-state index contributed by atoms with van der Waals surface area (Å²) in [5, 5.41) is 0.986. The summed E-state index contributed by atoms with van der Waals surface area (Å²) in [7, 11) is 0. The molecule has 0 bridgehead atoms. The largest absolute Gasteiger partial charge is 0.468 e. The van der Waals surface area contributed by atoms with Gasteiger partial charge in [-0.05, 0) is 48.0 Å². The lowest BCUT2D eigenvalue weighted by molar-refractivity contribution is 0.527. The van der Waals surface area contributed by atoms with Crippen molar-refractivity contribution in [1.29, 1.82) is 0 Å². The van der Waals surface area contributed by atoms with Gasteiger partial charge in [0.05, 0.1) is 16.9 Å². The molecule has 0 spiro atoms. The third-order valence-electron chi connectivity index (χ3n) is 2.02. The van der Waals surface area contributed by atoms with Crippen molar-refractivity contribution >= 4 is 27.7 Å². The Bertz CT molecular complexity index is 481. The summed E-state index contributed by atoms with van der Waals surface area (Å²) in [4.78, 5) is 5.58. The Kier molecular flexibility index (Phi) is 3.17. The van der Waals surface area contributed by atoms with Crippen LogP contribution in [-0.2, 0) is 0 Å². The minimum atomic E-state index is 0.933. The van der Waals surface area contributed by atoms with Crippen LogP contribution in [0, 0.1) is 13.8 Å². The number of pyridine rings is 1. The van der Waals surface area contributed by atoms with Crippen LogP contribution in [0.3, 0.4) is 0 Å². The number of aromatic nitrogens is 1. The molecule has 78 valence electrons. The highest BCUT2D eigenvalue weighted by molar-refractivity contribution is 9.10. The van der Waals surface area contributed by atoms with Crippen LogP contribution in [-0.4, -0.2) is 4.98 Å². The van der Waals surface area contributed by atoms with Gasteiger partial charge < -0.3 is 4.42 Å². The molecule has 2 aromatic heterocycles. The fraction of sp³-hybridized carbons (Fsp3) is 0.182. The summed E-state index contributed by atoms with van der Waals surface area (Å²) in [5.74, 6) is 0.933. The third kappa shape index (κ3) is 2.44. The molecular weight excluding hydrogens is 274 g/mol. The first kappa shape index (κ1) is 10.8. The van der Waals surface area contributed by atoms with Crippen LogP contribution < -0.4 is 0 Å². The lowest BCUT2D eigenvalue weighted by Crippen LogP contribution is -1.85. The zero-order valence-corrected chi connectivity index (χ0v) is 10.9. The van der Waals surface area contributed by atoms with Gasteiger partial charge in [0.2, 0.25) is 0 Å². The third-order valence-corrected chi connectivity index (χ3v) is 3.94. The van der Waals surface area contributed by atoms with Crippen LogP contribution in [0.5, 0.6) is 0 Å². The van der Waals surface area contributed by atoms with E-state index in [0.29, 0.717) is 0 Å². The molecule has 2 aromatic rings. The first-order chi connectivity index (χ1) is 7.16. The molecule has 0 aliphatic rings. The Morgan fingerprint density at radius 2 is 2.07 bits per heavy atom. The molecule has 0 aliphatic heterocycles. The Labute approximate surface area is 101 Å². The summed E-state index contributed by atoms with van der Waals surface area (Å²) in [5.41, 5.74) is 1.00. The predicted octanol–water partition coefficient (Wildman–Crippen LogP) is 4.21. The fourth-order valence-electron chi connectivity index (χ4n) is 1.17. The molecule has 0 saturated carbocycles. The van der Waals surface area contributed by atoms with Crippen LogP contribution in [0.25, 0.3) is 0 Å². The van der Waals surface area contributed by atoms with Crippen LogP contribution in [0.2, 0.25) is 0 Å². The Balaban J connectivity index is 2.25. The average molecular weight is 284 g/mol. The highest BCUT2D eigenvalue weighted by atomic mass is 79.9. The zero-order valence-electron chi connectivity index (χ0n) is 8.45. The van der Waals surface area contributed by atoms with Gasteiger partial charge in [-0.15, -0.1) is 0 Å². The predicted molar refractivity (Wildman–Crippen MR) is 64.2 cm³/mol. The van der Waals surface area contributed by atoms with E-state index in [1.807, 2.05) is 32.0 Å². The number of furan rings is 1. The van der Waals surface area contributed by atoms with E-state index >= 15 is 0 Å². The molecule has 0 fully saturated rings. The van der Waals surface area contributed by atoms with Crippen LogP contribution in [0.15, 0.2) is 43.3 Å². The minimum absolute atomic E-state index is 0.933. The zero-order chi connectivity index (χ0) is 10.8. The molecule has 15 heavy (non-hydrogen) atoms. The standard InChI is InChI=1S/C11H10BrNOS/c1-7-9(12)3-4-11(13-7)15-10-5-6-14-8(10)2/h3-6H,1-2H3. The van der Waals surface area contributed by atoms with E-state index < -0.39 is 0 Å². The fourth-order valence-corrected chi connectivity index (χ4v) is 2.25. The highest BCUT2D eigenvalue weighted by Crippen LogP contribution is 2.30. The van der Waals surface area contributed by atoms with Crippen molar-refractivity contribution < 1.29 is 4.42 Å². The number of hydrogen-bond acceptors (Lipinski definition) is 3. The van der Waals surface area contributed by atoms with E-state index in [4.69, 9.17) is 4.42 Å². The number of halogens is 1. The molecule has 0 N–H and O–H groups in total. The van der Waals surface area contributed by atoms with Gasteiger partial charge in [0.25, 0.3) is 0 Å². The topological polar surface area (TPSA) is 26.0 Å². The molecule has 2 rings (SSSR count). The van der Waals surface area contributed by atoms with Crippen molar-refractivity contribution in [1.82, 2.24) is 4.98 Å². The van der Waals surface area contributed by atoms with Crippen LogP contribution >= 0.6 is 27.7 Å². The maximum absolute atomic E-state index is 5.23. The lowest BCUT2D eigenvalue weighted by Gasteiger charge is -2.01. The van der Waals surface area contributed by atoms with Crippen molar-refractivity contribution in [3.05, 3.63) is 40.4 Å². The molecule has 0 amide bonds. The summed E-state index contributed by atoms with van der Waals surface area (Å²) in [6.45, 7) is 3.93. The second-order valence-electron chi connectivity index (χ2n) is 3.16. The molecule has 2 heterocycles. The van der Waals surface area contributed by atoms with Crippen molar-refractivity contribution in [2.24, 2.45) is 0 Å². The Morgan fingerprint density at radius 3 is 2.67 bits per heavy atom. The molecule has 4 heteroatoms. The van der Waals surface area contributed by atoms with Gasteiger partial charge in [-0.2, -0.15) is 0 Å². The van der Waals surface area contributed by atoms with Gasteiger partial charge in [-0.3, -0.25) is 0 Å². The molecule has 0 aliphatic carbocycles. The van der Waals surface area contributed by atoms with Crippen molar-refractivity contribution in [3.63, 3.8) is 0 Å². The van der Waals surface area contributed by atoms with Crippen LogP contribution in [0.4, 0.5) is 0 Å². The van der Waals surface area contributed by atoms with Gasteiger partial charge in [0, 0.05) is 4.47 Å². The van der Waals surface area contributed by atoms with E-state index in [0.717, 1.165) is 25.8 Å². The van der Waals surface area contributed by atoms with Crippen molar-refractivity contribution in [2.75, 3.05) is 0 Å². The van der Waals surface area contributed by atoms with Crippen molar-refractivity contribution in [3.8, 4) is 0 Å². The first-order valence-corrected chi connectivity index (χ1v) is 6.13. The highest BCUT2D eigenvalue weighted by Gasteiger charge is 2.05. The van der Waals surface area contributed by atoms with E-state index in [2.05, 4.69) is 20.9 Å². The lowest BCUT2D eigenvalue weighted by atomic mass is 10.4. The Hall–Kier alpha value is -0.740. The van der Waals surface area contributed by atoms with Gasteiger partial charge >= 0.3 is 0 Å². The van der Waals surface area contributed by atoms with E-state index in [-0.39, 0.29) is 0 Å². The molecule has 0 aromatic carbocycles. The number of nitrogens with zero attached hydrogens (tertiary/aromatic N) is 1. The first-order valence-electron chi connectivity index (χ1n) is 4.52. The Morgan fingerprint density at radius 1 is 1.27 bits per heavy atom. The van der Waals surface area contributed by atoms with E-state index in [1.54, 1.807) is 18.0 Å². The smallest absolute Gasteiger partial charge is 0.114 e. The van der Waals surface area contributed by atoms with Crippen molar-refractivity contribution in [2.45, 2.75) is 23.8 Å². The summed E-state index contributed by atoms with van der Waals surface area (Å²) >= 11 is 5.05. The quantitative estimate of drug-likeness (QED) is 0.826. The maximum Gasteiger partial charge on any atom is 0.114 e. The second kappa shape index (κ2) is 4.41. The second-order valence-corrected chi connectivity index (χ2v) is 5.08. The molecule has 0 atom stereocenters. The van der Waals surface area contributed by atoms with Gasteiger partial charge in [-0.1, -0.05) is 11.8 Å². The van der Waals surface area contributed by atoms with Gasteiger partial charge in [0.15, 0.2) is 0 Å². The summed E-state index contributed by atoms with van der Waals surface area (Å²) < 4.78 is 6.27. The molecule has 0 unspecified atom stereocenters. The normalized spacial score (nSPS) is 10.6. The SMILES string of the molecule is Cc1nc(Sc2ccoc2C)ccc1Br. The maximum atomic E-state index is 5.23. The monoisotopic (exact) mass is 283 g/mol. The number of rotatable bonds is 2. The molecule has 2 nitrogen and oxygen atoms in total. The average Bonchev–Trinajstić information content (AvgIpc) is 2.59. The van der Waals surface area contributed by atoms with Gasteiger partial charge in [-0.25, -0.2) is 4.98 Å². The summed E-state index contributed by atoms with van der Waals surface area (Å²) in [6.07, 6.45) is 1.70.